The van der Waals surface area contributed by atoms with Gasteiger partial charge in [-0.2, -0.15) is 0 Å². The molecule has 17 rings (SSSR count). The van der Waals surface area contributed by atoms with Crippen molar-refractivity contribution in [3.8, 4) is 33.4 Å². The van der Waals surface area contributed by atoms with E-state index in [4.69, 9.17) is 11.6 Å². The lowest BCUT2D eigenvalue weighted by Gasteiger charge is -2.26. The fourth-order valence-corrected chi connectivity index (χ4v) is 16.5. The third-order valence-corrected chi connectivity index (χ3v) is 27.1. The highest BCUT2D eigenvalue weighted by atomic mass is 35.5. The second-order valence-electron chi connectivity index (χ2n) is 38.5. The van der Waals surface area contributed by atoms with Crippen LogP contribution >= 0.6 is 11.6 Å². The topological polar surface area (TPSA) is 0 Å². The summed E-state index contributed by atoms with van der Waals surface area (Å²) in [4.78, 5) is 0. The Labute approximate surface area is 857 Å². The van der Waals surface area contributed by atoms with E-state index in [9.17, 15) is 92.2 Å². The zero-order valence-electron chi connectivity index (χ0n) is 86.9. The van der Waals surface area contributed by atoms with Gasteiger partial charge in [0.2, 0.25) is 0 Å². The maximum Gasteiger partial charge on any atom is 0.166 e. The van der Waals surface area contributed by atoms with Crippen molar-refractivity contribution in [2.24, 2.45) is 17.8 Å². The van der Waals surface area contributed by atoms with E-state index in [0.29, 0.717) is 135 Å². The summed E-state index contributed by atoms with van der Waals surface area (Å²) in [7, 11) is 0. The number of aryl methyl sites for hydroxylation is 19. The van der Waals surface area contributed by atoms with E-state index in [1.807, 2.05) is 30.3 Å². The van der Waals surface area contributed by atoms with E-state index >= 15 is 0 Å². The van der Waals surface area contributed by atoms with Crippen molar-refractivity contribution in [2.75, 3.05) is 0 Å². The van der Waals surface area contributed by atoms with Crippen LogP contribution in [0.4, 0.5) is 92.2 Å². The molecule has 0 aromatic heterocycles. The summed E-state index contributed by atoms with van der Waals surface area (Å²) in [6, 6.07) is 59.8. The van der Waals surface area contributed by atoms with E-state index in [-0.39, 0.29) is 15.1 Å². The van der Waals surface area contributed by atoms with E-state index in [1.165, 1.54) is 205 Å². The summed E-state index contributed by atoms with van der Waals surface area (Å²) in [5.41, 5.74) is 14.8. The van der Waals surface area contributed by atoms with Crippen LogP contribution in [0, 0.1) is 271 Å². The normalized spacial score (nSPS) is 15.3. The Morgan fingerprint density at radius 2 is 0.267 bits per heavy atom. The summed E-state index contributed by atoms with van der Waals surface area (Å²) in [6.07, 6.45) is 15.2. The highest BCUT2D eigenvalue weighted by molar-refractivity contribution is 6.33. The lowest BCUT2D eigenvalue weighted by atomic mass is 9.79. The van der Waals surface area contributed by atoms with Gasteiger partial charge in [0.1, 0.15) is 5.82 Å². The van der Waals surface area contributed by atoms with Gasteiger partial charge < -0.3 is 0 Å². The van der Waals surface area contributed by atoms with Crippen molar-refractivity contribution in [3.05, 3.63) is 456 Å². The smallest absolute Gasteiger partial charge is 0.166 e. The van der Waals surface area contributed by atoms with Crippen LogP contribution in [0.2, 0.25) is 5.02 Å². The molecular formula is C124H136ClF21. The zero-order valence-corrected chi connectivity index (χ0v) is 87.7. The molecule has 0 spiro atoms. The van der Waals surface area contributed by atoms with Gasteiger partial charge in [-0.25, -0.2) is 92.2 Å². The van der Waals surface area contributed by atoms with Crippen molar-refractivity contribution in [1.29, 1.82) is 0 Å². The molecule has 14 aromatic carbocycles. The highest BCUT2D eigenvalue weighted by Gasteiger charge is 2.26. The molecule has 146 heavy (non-hydrogen) atoms. The molecule has 22 heteroatoms. The van der Waals surface area contributed by atoms with Gasteiger partial charge in [0.05, 0.1) is 5.02 Å². The minimum Gasteiger partial charge on any atom is -0.205 e. The van der Waals surface area contributed by atoms with Crippen molar-refractivity contribution >= 4 is 11.6 Å². The Bertz CT molecular complexity index is 5540. The number of halogens is 22. The first kappa shape index (κ1) is 121. The fourth-order valence-electron chi connectivity index (χ4n) is 16.1. The predicted molar refractivity (Wildman–Crippen MR) is 559 cm³/mol. The van der Waals surface area contributed by atoms with E-state index in [2.05, 4.69) is 69.3 Å². The summed E-state index contributed by atoms with van der Waals surface area (Å²) >= 11 is 6.16. The average Bonchev–Trinajstić information content (AvgIpc) is 0.810. The first-order chi connectivity index (χ1) is 68.7. The van der Waals surface area contributed by atoms with E-state index in [1.54, 1.807) is 148 Å². The molecule has 0 heterocycles. The molecule has 14 aromatic rings. The van der Waals surface area contributed by atoms with Crippen molar-refractivity contribution < 1.29 is 96.5 Å². The van der Waals surface area contributed by atoms with Gasteiger partial charge in [0.15, 0.2) is 116 Å². The molecule has 0 nitrogen and oxygen atoms in total. The molecule has 3 saturated carbocycles. The van der Waals surface area contributed by atoms with E-state index < -0.39 is 116 Å². The molecule has 786 valence electrons. The predicted octanol–water partition coefficient (Wildman–Crippen LogP) is 40.6. The molecule has 0 amide bonds. The molecule has 0 unspecified atom stereocenters. The van der Waals surface area contributed by atoms with Crippen LogP contribution in [-0.4, -0.2) is 0 Å². The molecule has 3 aliphatic carbocycles. The number of hydrogen-bond donors (Lipinski definition) is 0. The Kier molecular flexibility index (Phi) is 46.9. The van der Waals surface area contributed by atoms with Gasteiger partial charge in [-0.05, 0) is 345 Å². The molecule has 0 atom stereocenters. The largest absolute Gasteiger partial charge is 0.205 e. The van der Waals surface area contributed by atoms with Crippen LogP contribution in [0.3, 0.4) is 0 Å². The average molecular weight is 2060 g/mol. The molecule has 0 N–H and O–H groups in total. The molecule has 0 bridgehead atoms. The molecule has 0 radical (unpaired) electrons. The van der Waals surface area contributed by atoms with E-state index in [0.717, 1.165) is 40.0 Å². The van der Waals surface area contributed by atoms with Crippen molar-refractivity contribution in [1.82, 2.24) is 0 Å². The quantitative estimate of drug-likeness (QED) is 0.146. The second-order valence-corrected chi connectivity index (χ2v) is 38.9. The Morgan fingerprint density at radius 3 is 0.418 bits per heavy atom. The number of rotatable bonds is 6. The van der Waals surface area contributed by atoms with Crippen LogP contribution < -0.4 is 0 Å². The SMILES string of the molecule is Cc1ccc(-c2ccc(C3CCC(C)CC3)cc2)c(Cl)c1F.Cc1ccc(-c2ccc(C3CCC(C)CC3)cc2)c(F)c1F.Cc1ccc(-c2ccc(C3CCC(C)CC3)cc2)c(F)c1F.Cc1ccc(C)c(F)c1F.Cc1ccc(C)c(F)c1F.Cc1ccc(C)c(F)c1F.Cc1ccc(C)c(F)c1F.Cc1ccc(C)c(F)c1F.Cc1ccc(C)c(F)c1F.Cc1ccc(C)c(F)c1F.Cc1ccc(C)c(F)c1F.[HH].[HH].[HH]. The highest BCUT2D eigenvalue weighted by Crippen LogP contribution is 2.42. The fraction of sp³-hybridized carbons (Fsp3) is 0.323. The summed E-state index contributed by atoms with van der Waals surface area (Å²) < 4.78 is 271. The third kappa shape index (κ3) is 33.7. The van der Waals surface area contributed by atoms with Crippen LogP contribution in [0.1, 0.15) is 242 Å². The second kappa shape index (κ2) is 56.7. The molecular weight excluding hydrogens is 1920 g/mol. The van der Waals surface area contributed by atoms with Crippen LogP contribution in [-0.2, 0) is 0 Å². The van der Waals surface area contributed by atoms with Gasteiger partial charge >= 0.3 is 0 Å². The summed E-state index contributed by atoms with van der Waals surface area (Å²) in [6.45, 7) is 36.5. The van der Waals surface area contributed by atoms with Gasteiger partial charge in [-0.15, -0.1) is 0 Å². The van der Waals surface area contributed by atoms with Gasteiger partial charge in [0, 0.05) is 21.0 Å². The van der Waals surface area contributed by atoms with Crippen LogP contribution in [0.25, 0.3) is 33.4 Å². The first-order valence-corrected chi connectivity index (χ1v) is 49.0. The first-order valence-electron chi connectivity index (χ1n) is 48.6. The monoisotopic (exact) mass is 2060 g/mol. The lowest BCUT2D eigenvalue weighted by molar-refractivity contribution is 0.348. The van der Waals surface area contributed by atoms with Crippen molar-refractivity contribution in [3.63, 3.8) is 0 Å². The minimum atomic E-state index is -0.751. The lowest BCUT2D eigenvalue weighted by Crippen LogP contribution is -2.10. The molecule has 3 aliphatic rings. The van der Waals surface area contributed by atoms with Gasteiger partial charge in [-0.3, -0.25) is 0 Å². The Morgan fingerprint density at radius 1 is 0.151 bits per heavy atom. The minimum absolute atomic E-state index is 0. The summed E-state index contributed by atoms with van der Waals surface area (Å²) in [5.74, 6) is -10.6. The summed E-state index contributed by atoms with van der Waals surface area (Å²) in [5, 5.41) is 0.222. The molecule has 3 fully saturated rings. The third-order valence-electron chi connectivity index (χ3n) is 26.7. The number of benzene rings is 14. The standard InChI is InChI=1S/C20H22ClF.2C20H22F2.8C8H8F2.3H2/c1-13-3-6-15(7-4-13)16-8-10-17(11-9-16)18-12-5-14(2)20(22)19(18)21;2*1-13-3-6-15(7-4-13)16-8-10-17(11-9-16)18-12-5-14(2)19(21)20(18)22;8*1-5-3-4-6(2)8(10)7(5)9;;;/h3*5,8-13,15H,3-4,6-7H2,1-2H3;8*3-4H,1-2H3;3*1H. The Balaban J connectivity index is 0.000000347. The van der Waals surface area contributed by atoms with Gasteiger partial charge in [0.25, 0.3) is 0 Å². The van der Waals surface area contributed by atoms with Gasteiger partial charge in [-0.1, -0.05) is 277 Å². The molecule has 0 saturated heterocycles. The molecule has 0 aliphatic heterocycles. The Hall–Kier alpha value is -12.1. The zero-order chi connectivity index (χ0) is 109. The van der Waals surface area contributed by atoms with Crippen LogP contribution in [0.15, 0.2) is 206 Å². The van der Waals surface area contributed by atoms with Crippen LogP contribution in [0.5, 0.6) is 0 Å². The maximum atomic E-state index is 14.1. The van der Waals surface area contributed by atoms with Crippen molar-refractivity contribution in [2.45, 2.75) is 247 Å². The maximum absolute atomic E-state index is 14.1. The number of hydrogen-bond acceptors (Lipinski definition) is 0.